The van der Waals surface area contributed by atoms with Crippen molar-refractivity contribution in [2.24, 2.45) is 0 Å². The SMILES string of the molecule is FC(F)(F)c1cnc(N2CCN(c3ncnc4sccc34)CC2)s1. The maximum Gasteiger partial charge on any atom is 0.427 e. The van der Waals surface area contributed by atoms with Gasteiger partial charge < -0.3 is 9.80 Å². The summed E-state index contributed by atoms with van der Waals surface area (Å²) >= 11 is 2.26. The van der Waals surface area contributed by atoms with Crippen LogP contribution in [0, 0.1) is 0 Å². The predicted octanol–water partition coefficient (Wildman–Crippen LogP) is 3.49. The largest absolute Gasteiger partial charge is 0.427 e. The lowest BCUT2D eigenvalue weighted by molar-refractivity contribution is -0.134. The standard InChI is InChI=1S/C14H12F3N5S2/c15-14(16,17)10-7-18-13(24-10)22-4-2-21(3-5-22)11-9-1-6-23-12(9)20-8-19-11/h1,6-8H,2-5H2. The molecule has 0 spiro atoms. The van der Waals surface area contributed by atoms with Crippen molar-refractivity contribution in [2.45, 2.75) is 6.18 Å². The van der Waals surface area contributed by atoms with E-state index in [-0.39, 0.29) is 0 Å². The van der Waals surface area contributed by atoms with E-state index in [1.165, 1.54) is 0 Å². The lowest BCUT2D eigenvalue weighted by atomic mass is 10.3. The molecule has 4 rings (SSSR count). The number of nitrogens with zero attached hydrogens (tertiary/aromatic N) is 5. The average Bonchev–Trinajstić information content (AvgIpc) is 3.23. The highest BCUT2D eigenvalue weighted by Crippen LogP contribution is 2.36. The number of aromatic nitrogens is 3. The van der Waals surface area contributed by atoms with Crippen LogP contribution in [0.2, 0.25) is 0 Å². The molecule has 3 aromatic heterocycles. The van der Waals surface area contributed by atoms with Crippen molar-refractivity contribution in [3.63, 3.8) is 0 Å². The normalized spacial score (nSPS) is 16.1. The molecule has 1 aliphatic heterocycles. The van der Waals surface area contributed by atoms with Gasteiger partial charge in [-0.3, -0.25) is 0 Å². The second kappa shape index (κ2) is 5.85. The smallest absolute Gasteiger partial charge is 0.352 e. The van der Waals surface area contributed by atoms with Crippen molar-refractivity contribution in [3.05, 3.63) is 28.8 Å². The van der Waals surface area contributed by atoms with Crippen LogP contribution in [-0.2, 0) is 6.18 Å². The number of halogens is 3. The van der Waals surface area contributed by atoms with Crippen LogP contribution in [-0.4, -0.2) is 41.1 Å². The second-order valence-electron chi connectivity index (χ2n) is 5.32. The van der Waals surface area contributed by atoms with Gasteiger partial charge in [-0.2, -0.15) is 13.2 Å². The minimum absolute atomic E-state index is 0.422. The molecule has 0 saturated carbocycles. The lowest BCUT2D eigenvalue weighted by Gasteiger charge is -2.35. The first-order valence-electron chi connectivity index (χ1n) is 7.23. The third-order valence-electron chi connectivity index (χ3n) is 3.86. The molecule has 1 aliphatic rings. The highest BCUT2D eigenvalue weighted by molar-refractivity contribution is 7.16. The molecule has 1 saturated heterocycles. The van der Waals surface area contributed by atoms with Gasteiger partial charge in [-0.15, -0.1) is 11.3 Å². The summed E-state index contributed by atoms with van der Waals surface area (Å²) in [5.74, 6) is 0.885. The molecule has 5 nitrogen and oxygen atoms in total. The Hall–Kier alpha value is -1.94. The number of anilines is 2. The minimum atomic E-state index is -4.33. The summed E-state index contributed by atoms with van der Waals surface area (Å²) in [6.45, 7) is 2.59. The zero-order chi connectivity index (χ0) is 16.7. The summed E-state index contributed by atoms with van der Waals surface area (Å²) in [4.78, 5) is 16.9. The molecular formula is C14H12F3N5S2. The van der Waals surface area contributed by atoms with Crippen LogP contribution in [0.4, 0.5) is 24.1 Å². The minimum Gasteiger partial charge on any atom is -0.352 e. The third-order valence-corrected chi connectivity index (χ3v) is 5.79. The zero-order valence-electron chi connectivity index (χ0n) is 12.3. The van der Waals surface area contributed by atoms with Gasteiger partial charge in [0.1, 0.15) is 21.9 Å². The topological polar surface area (TPSA) is 45.2 Å². The number of rotatable bonds is 2. The summed E-state index contributed by atoms with van der Waals surface area (Å²) in [5.41, 5.74) is 0. The highest BCUT2D eigenvalue weighted by atomic mass is 32.1. The Labute approximate surface area is 143 Å². The van der Waals surface area contributed by atoms with Crippen LogP contribution in [0.5, 0.6) is 0 Å². The van der Waals surface area contributed by atoms with E-state index in [0.29, 0.717) is 42.6 Å². The van der Waals surface area contributed by atoms with E-state index < -0.39 is 11.1 Å². The number of hydrogen-bond donors (Lipinski definition) is 0. The van der Waals surface area contributed by atoms with E-state index in [1.54, 1.807) is 17.7 Å². The van der Waals surface area contributed by atoms with E-state index in [2.05, 4.69) is 19.9 Å². The molecule has 0 N–H and O–H groups in total. The van der Waals surface area contributed by atoms with Crippen molar-refractivity contribution in [2.75, 3.05) is 36.0 Å². The quantitative estimate of drug-likeness (QED) is 0.690. The number of piperazine rings is 1. The molecular weight excluding hydrogens is 359 g/mol. The Morgan fingerprint density at radius 1 is 1.00 bits per heavy atom. The first kappa shape index (κ1) is 15.6. The zero-order valence-corrected chi connectivity index (χ0v) is 14.0. The van der Waals surface area contributed by atoms with Crippen LogP contribution in [0.3, 0.4) is 0 Å². The number of hydrogen-bond acceptors (Lipinski definition) is 7. The maximum absolute atomic E-state index is 12.7. The van der Waals surface area contributed by atoms with Crippen LogP contribution in [0.1, 0.15) is 4.88 Å². The molecule has 0 atom stereocenters. The summed E-state index contributed by atoms with van der Waals surface area (Å²) in [5, 5.41) is 3.42. The van der Waals surface area contributed by atoms with Gasteiger partial charge in [0.2, 0.25) is 0 Å². The van der Waals surface area contributed by atoms with Crippen LogP contribution in [0.15, 0.2) is 24.0 Å². The monoisotopic (exact) mass is 371 g/mol. The Morgan fingerprint density at radius 3 is 2.46 bits per heavy atom. The predicted molar refractivity (Wildman–Crippen MR) is 89.0 cm³/mol. The molecule has 126 valence electrons. The van der Waals surface area contributed by atoms with Gasteiger partial charge in [-0.1, -0.05) is 11.3 Å². The van der Waals surface area contributed by atoms with Crippen molar-refractivity contribution >= 4 is 43.8 Å². The Kier molecular flexibility index (Phi) is 3.80. The average molecular weight is 371 g/mol. The van der Waals surface area contributed by atoms with E-state index >= 15 is 0 Å². The van der Waals surface area contributed by atoms with E-state index in [9.17, 15) is 13.2 Å². The van der Waals surface area contributed by atoms with Gasteiger partial charge in [0, 0.05) is 26.2 Å². The van der Waals surface area contributed by atoms with Crippen molar-refractivity contribution in [3.8, 4) is 0 Å². The van der Waals surface area contributed by atoms with Crippen molar-refractivity contribution < 1.29 is 13.2 Å². The molecule has 1 fully saturated rings. The molecule has 0 aliphatic carbocycles. The van der Waals surface area contributed by atoms with Gasteiger partial charge in [-0.05, 0) is 11.4 Å². The first-order valence-corrected chi connectivity index (χ1v) is 8.93. The molecule has 10 heteroatoms. The number of thiazole rings is 1. The summed E-state index contributed by atoms with van der Waals surface area (Å²) in [6, 6.07) is 2.00. The summed E-state index contributed by atoms with van der Waals surface area (Å²) < 4.78 is 38.1. The van der Waals surface area contributed by atoms with Gasteiger partial charge in [-0.25, -0.2) is 15.0 Å². The van der Waals surface area contributed by atoms with E-state index in [4.69, 9.17) is 0 Å². The molecule has 3 aromatic rings. The Balaban J connectivity index is 1.49. The Morgan fingerprint density at radius 2 is 1.75 bits per heavy atom. The van der Waals surface area contributed by atoms with E-state index in [0.717, 1.165) is 22.2 Å². The summed E-state index contributed by atoms with van der Waals surface area (Å²) in [7, 11) is 0. The molecule has 4 heterocycles. The molecule has 0 amide bonds. The molecule has 0 radical (unpaired) electrons. The maximum atomic E-state index is 12.7. The van der Waals surface area contributed by atoms with Gasteiger partial charge in [0.25, 0.3) is 0 Å². The second-order valence-corrected chi connectivity index (χ2v) is 7.22. The number of thiophene rings is 1. The van der Waals surface area contributed by atoms with E-state index in [1.807, 2.05) is 16.3 Å². The molecule has 0 aromatic carbocycles. The van der Waals surface area contributed by atoms with Crippen molar-refractivity contribution in [1.29, 1.82) is 0 Å². The fraction of sp³-hybridized carbons (Fsp3) is 0.357. The van der Waals surface area contributed by atoms with Crippen molar-refractivity contribution in [1.82, 2.24) is 15.0 Å². The number of alkyl halides is 3. The van der Waals surface area contributed by atoms with Crippen LogP contribution >= 0.6 is 22.7 Å². The Bertz CT molecular complexity index is 851. The fourth-order valence-corrected chi connectivity index (χ4v) is 4.24. The van der Waals surface area contributed by atoms with Crippen LogP contribution in [0.25, 0.3) is 10.2 Å². The molecule has 0 unspecified atom stereocenters. The lowest BCUT2D eigenvalue weighted by Crippen LogP contribution is -2.46. The summed E-state index contributed by atoms with van der Waals surface area (Å²) in [6.07, 6.45) is -1.87. The fourth-order valence-electron chi connectivity index (χ4n) is 2.68. The first-order chi connectivity index (χ1) is 11.5. The molecule has 24 heavy (non-hydrogen) atoms. The van der Waals surface area contributed by atoms with Gasteiger partial charge >= 0.3 is 6.18 Å². The van der Waals surface area contributed by atoms with Crippen LogP contribution < -0.4 is 9.80 Å². The molecule has 0 bridgehead atoms. The third kappa shape index (κ3) is 2.80. The van der Waals surface area contributed by atoms with Gasteiger partial charge in [0.15, 0.2) is 5.13 Å². The van der Waals surface area contributed by atoms with Gasteiger partial charge in [0.05, 0.1) is 11.6 Å². The highest BCUT2D eigenvalue weighted by Gasteiger charge is 2.34. The number of fused-ring (bicyclic) bond motifs is 1.